The zero-order chi connectivity index (χ0) is 16.9. The van der Waals surface area contributed by atoms with Crippen LogP contribution in [-0.4, -0.2) is 22.8 Å². The van der Waals surface area contributed by atoms with Gasteiger partial charge in [-0.2, -0.15) is 5.10 Å². The molecule has 122 valence electrons. The van der Waals surface area contributed by atoms with Gasteiger partial charge in [-0.15, -0.1) is 0 Å². The summed E-state index contributed by atoms with van der Waals surface area (Å²) < 4.78 is 5.69. The number of rotatable bonds is 5. The zero-order valence-corrected chi connectivity index (χ0v) is 13.5. The van der Waals surface area contributed by atoms with Gasteiger partial charge in [-0.05, 0) is 30.7 Å². The molecule has 0 fully saturated rings. The molecule has 0 aliphatic carbocycles. The number of anilines is 1. The van der Waals surface area contributed by atoms with Gasteiger partial charge >= 0.3 is 0 Å². The molecule has 24 heavy (non-hydrogen) atoms. The van der Waals surface area contributed by atoms with Gasteiger partial charge in [0.05, 0.1) is 12.8 Å². The average Bonchev–Trinajstić information content (AvgIpc) is 2.56. The van der Waals surface area contributed by atoms with E-state index in [1.807, 2.05) is 43.3 Å². The molecule has 0 spiro atoms. The largest absolute Gasteiger partial charge is 0.493 e. The van der Waals surface area contributed by atoms with E-state index in [2.05, 4.69) is 20.5 Å². The van der Waals surface area contributed by atoms with E-state index in [1.165, 1.54) is 6.07 Å². The van der Waals surface area contributed by atoms with Gasteiger partial charge in [-0.25, -0.2) is 10.4 Å². The van der Waals surface area contributed by atoms with Gasteiger partial charge in [-0.3, -0.25) is 9.78 Å². The summed E-state index contributed by atoms with van der Waals surface area (Å²) in [5, 5.41) is 6.34. The number of benzene rings is 2. The Balaban J connectivity index is 1.95. The summed E-state index contributed by atoms with van der Waals surface area (Å²) in [6.07, 6.45) is 1.68. The monoisotopic (exact) mass is 322 g/mol. The first kappa shape index (κ1) is 15.7. The third-order valence-electron chi connectivity index (χ3n) is 3.46. The predicted octanol–water partition coefficient (Wildman–Crippen LogP) is 3.08. The van der Waals surface area contributed by atoms with E-state index in [9.17, 15) is 4.79 Å². The van der Waals surface area contributed by atoms with Crippen molar-refractivity contribution in [1.29, 1.82) is 0 Å². The first-order chi connectivity index (χ1) is 11.7. The smallest absolute Gasteiger partial charge is 0.252 e. The summed E-state index contributed by atoms with van der Waals surface area (Å²) in [4.78, 5) is 18.2. The van der Waals surface area contributed by atoms with Gasteiger partial charge < -0.3 is 4.74 Å². The van der Waals surface area contributed by atoms with Crippen LogP contribution in [0.15, 0.2) is 52.4 Å². The van der Waals surface area contributed by atoms with E-state index in [4.69, 9.17) is 4.74 Å². The van der Waals surface area contributed by atoms with E-state index < -0.39 is 0 Å². The molecule has 0 aliphatic heterocycles. The van der Waals surface area contributed by atoms with Gasteiger partial charge in [0.25, 0.3) is 5.56 Å². The fraction of sp³-hybridized carbons (Fsp3) is 0.167. The van der Waals surface area contributed by atoms with E-state index in [0.29, 0.717) is 18.2 Å². The third-order valence-corrected chi connectivity index (χ3v) is 3.46. The van der Waals surface area contributed by atoms with Crippen molar-refractivity contribution in [1.82, 2.24) is 9.97 Å². The number of nitrogens with zero attached hydrogens (tertiary/aromatic N) is 2. The summed E-state index contributed by atoms with van der Waals surface area (Å²) in [6.45, 7) is 4.26. The van der Waals surface area contributed by atoms with Crippen molar-refractivity contribution in [3.63, 3.8) is 0 Å². The fourth-order valence-corrected chi connectivity index (χ4v) is 2.48. The zero-order valence-electron chi connectivity index (χ0n) is 13.5. The Labute approximate surface area is 139 Å². The number of H-pyrrole nitrogens is 1. The molecule has 0 saturated heterocycles. The number of fused-ring (bicyclic) bond motifs is 1. The van der Waals surface area contributed by atoms with Crippen LogP contribution < -0.4 is 15.7 Å². The molecule has 0 aliphatic rings. The molecular weight excluding hydrogens is 304 g/mol. The second-order valence-corrected chi connectivity index (χ2v) is 5.24. The Morgan fingerprint density at radius 2 is 2.12 bits per heavy atom. The standard InChI is InChI=1S/C18H18N4O2/c1-3-24-16-9-8-13-6-4-5-7-14(13)15(16)11-19-22-18-20-12(2)10-17(23)21-18/h4-11H,3H2,1-2H3,(H2,20,21,22,23)/b19-11-. The van der Waals surface area contributed by atoms with E-state index in [1.54, 1.807) is 13.1 Å². The number of aryl methyl sites for hydroxylation is 1. The lowest BCUT2D eigenvalue weighted by molar-refractivity contribution is 0.340. The van der Waals surface area contributed by atoms with Crippen LogP contribution in [0.1, 0.15) is 18.2 Å². The first-order valence-corrected chi connectivity index (χ1v) is 7.69. The molecule has 0 radical (unpaired) electrons. The van der Waals surface area contributed by atoms with Gasteiger partial charge in [0.2, 0.25) is 5.95 Å². The number of ether oxygens (including phenoxy) is 1. The Kier molecular flexibility index (Phi) is 4.56. The quantitative estimate of drug-likeness (QED) is 0.559. The summed E-state index contributed by atoms with van der Waals surface area (Å²) in [7, 11) is 0. The molecule has 0 bridgehead atoms. The molecule has 0 atom stereocenters. The molecule has 0 unspecified atom stereocenters. The van der Waals surface area contributed by atoms with Crippen LogP contribution in [0.3, 0.4) is 0 Å². The van der Waals surface area contributed by atoms with Crippen LogP contribution in [0.2, 0.25) is 0 Å². The van der Waals surface area contributed by atoms with E-state index >= 15 is 0 Å². The Hall–Kier alpha value is -3.15. The van der Waals surface area contributed by atoms with Crippen molar-refractivity contribution in [3.8, 4) is 5.75 Å². The number of hydrogen-bond donors (Lipinski definition) is 2. The highest BCUT2D eigenvalue weighted by Gasteiger charge is 2.06. The van der Waals surface area contributed by atoms with Crippen LogP contribution in [-0.2, 0) is 0 Å². The minimum Gasteiger partial charge on any atom is -0.493 e. The van der Waals surface area contributed by atoms with Crippen molar-refractivity contribution < 1.29 is 4.74 Å². The van der Waals surface area contributed by atoms with Crippen LogP contribution in [0.5, 0.6) is 5.75 Å². The van der Waals surface area contributed by atoms with E-state index in [0.717, 1.165) is 22.1 Å². The van der Waals surface area contributed by atoms with Crippen molar-refractivity contribution >= 4 is 22.9 Å². The molecule has 6 heteroatoms. The summed E-state index contributed by atoms with van der Waals surface area (Å²) in [5.41, 5.74) is 4.03. The highest BCUT2D eigenvalue weighted by molar-refractivity contribution is 6.02. The molecular formula is C18H18N4O2. The van der Waals surface area contributed by atoms with Crippen LogP contribution in [0.25, 0.3) is 10.8 Å². The lowest BCUT2D eigenvalue weighted by atomic mass is 10.0. The Morgan fingerprint density at radius 1 is 1.29 bits per heavy atom. The number of nitrogens with one attached hydrogen (secondary N) is 2. The molecule has 3 rings (SSSR count). The second kappa shape index (κ2) is 6.95. The summed E-state index contributed by atoms with van der Waals surface area (Å²) in [5.74, 6) is 1.06. The maximum atomic E-state index is 11.5. The van der Waals surface area contributed by atoms with Crippen molar-refractivity contribution in [2.24, 2.45) is 5.10 Å². The van der Waals surface area contributed by atoms with Crippen LogP contribution in [0.4, 0.5) is 5.95 Å². The number of aromatic amines is 1. The molecule has 2 aromatic carbocycles. The molecule has 1 aromatic heterocycles. The highest BCUT2D eigenvalue weighted by Crippen LogP contribution is 2.26. The summed E-state index contributed by atoms with van der Waals surface area (Å²) >= 11 is 0. The normalized spacial score (nSPS) is 11.1. The van der Waals surface area contributed by atoms with Gasteiger partial charge in [0.1, 0.15) is 5.75 Å². The maximum absolute atomic E-state index is 11.5. The minimum atomic E-state index is -0.222. The summed E-state index contributed by atoms with van der Waals surface area (Å²) in [6, 6.07) is 13.4. The van der Waals surface area contributed by atoms with E-state index in [-0.39, 0.29) is 5.56 Å². The molecule has 2 N–H and O–H groups in total. The minimum absolute atomic E-state index is 0.222. The molecule has 6 nitrogen and oxygen atoms in total. The number of hydrogen-bond acceptors (Lipinski definition) is 5. The maximum Gasteiger partial charge on any atom is 0.252 e. The van der Waals surface area contributed by atoms with Gasteiger partial charge in [0, 0.05) is 17.3 Å². The van der Waals surface area contributed by atoms with Crippen molar-refractivity contribution in [3.05, 3.63) is 64.1 Å². The Morgan fingerprint density at radius 3 is 2.92 bits per heavy atom. The van der Waals surface area contributed by atoms with Crippen LogP contribution >= 0.6 is 0 Å². The molecule has 0 amide bonds. The lowest BCUT2D eigenvalue weighted by Crippen LogP contribution is -2.10. The van der Waals surface area contributed by atoms with Gasteiger partial charge in [-0.1, -0.05) is 30.3 Å². The average molecular weight is 322 g/mol. The van der Waals surface area contributed by atoms with Crippen LogP contribution in [0, 0.1) is 6.92 Å². The molecule has 3 aromatic rings. The van der Waals surface area contributed by atoms with Gasteiger partial charge in [0.15, 0.2) is 0 Å². The second-order valence-electron chi connectivity index (χ2n) is 5.24. The molecule has 0 saturated carbocycles. The predicted molar refractivity (Wildman–Crippen MR) is 95.9 cm³/mol. The third kappa shape index (κ3) is 3.43. The highest BCUT2D eigenvalue weighted by atomic mass is 16.5. The van der Waals surface area contributed by atoms with Crippen molar-refractivity contribution in [2.45, 2.75) is 13.8 Å². The number of aromatic nitrogens is 2. The molecule has 1 heterocycles. The lowest BCUT2D eigenvalue weighted by Gasteiger charge is -2.10. The van der Waals surface area contributed by atoms with Crippen molar-refractivity contribution in [2.75, 3.05) is 12.0 Å². The topological polar surface area (TPSA) is 79.4 Å². The first-order valence-electron chi connectivity index (χ1n) is 7.69. The fourth-order valence-electron chi connectivity index (χ4n) is 2.48. The SMILES string of the molecule is CCOc1ccc2ccccc2c1/C=N\Nc1nc(C)cc(=O)[nH]1. The Bertz CT molecular complexity index is 947. The number of hydrazone groups is 1.